The zero-order chi connectivity index (χ0) is 31.7. The third-order valence-corrected chi connectivity index (χ3v) is 9.58. The molecule has 3 atom stereocenters. The van der Waals surface area contributed by atoms with Crippen molar-refractivity contribution in [3.8, 4) is 0 Å². The molecule has 2 aromatic heterocycles. The van der Waals surface area contributed by atoms with Crippen LogP contribution < -0.4 is 0 Å². The van der Waals surface area contributed by atoms with E-state index in [2.05, 4.69) is 39.6 Å². The van der Waals surface area contributed by atoms with E-state index >= 15 is 0 Å². The summed E-state index contributed by atoms with van der Waals surface area (Å²) < 4.78 is 8.07. The molecule has 2 saturated heterocycles. The number of aromatic nitrogens is 3. The number of aryl methyl sites for hydroxylation is 3. The minimum atomic E-state index is -0.669. The SMILES string of the molecule is CCc1nccn1C[C@@H]1CCCN(C(=O)[C@H]2CN(C3c4ccc(Cl)cc4CCc4cccnc43)CCN2C(=O)OC(C)(C)C)C1. The van der Waals surface area contributed by atoms with Crippen molar-refractivity contribution in [2.45, 2.75) is 84.0 Å². The van der Waals surface area contributed by atoms with E-state index < -0.39 is 17.7 Å². The molecule has 3 aliphatic rings. The van der Waals surface area contributed by atoms with Crippen molar-refractivity contribution >= 4 is 23.6 Å². The first-order chi connectivity index (χ1) is 21.6. The van der Waals surface area contributed by atoms with Gasteiger partial charge in [-0.05, 0) is 87.3 Å². The number of hydrogen-bond acceptors (Lipinski definition) is 6. The lowest BCUT2D eigenvalue weighted by Gasteiger charge is -2.46. The van der Waals surface area contributed by atoms with E-state index in [4.69, 9.17) is 21.3 Å². The summed E-state index contributed by atoms with van der Waals surface area (Å²) in [6, 6.07) is 9.45. The van der Waals surface area contributed by atoms with E-state index in [0.29, 0.717) is 38.6 Å². The van der Waals surface area contributed by atoms with Gasteiger partial charge in [-0.2, -0.15) is 0 Å². The predicted octanol–water partition coefficient (Wildman–Crippen LogP) is 5.54. The van der Waals surface area contributed by atoms with Crippen molar-refractivity contribution in [2.24, 2.45) is 5.92 Å². The second-order valence-corrected chi connectivity index (χ2v) is 14.1. The van der Waals surface area contributed by atoms with Crippen LogP contribution in [-0.4, -0.2) is 85.6 Å². The first kappa shape index (κ1) is 31.5. The number of fused-ring (bicyclic) bond motifs is 2. The Bertz CT molecular complexity index is 1530. The summed E-state index contributed by atoms with van der Waals surface area (Å²) in [6.07, 6.45) is 9.91. The molecule has 10 heteroatoms. The molecule has 0 saturated carbocycles. The maximum Gasteiger partial charge on any atom is 0.411 e. The van der Waals surface area contributed by atoms with Crippen LogP contribution in [0.15, 0.2) is 48.9 Å². The van der Waals surface area contributed by atoms with E-state index in [1.165, 1.54) is 16.7 Å². The number of carbonyl (C=O) groups excluding carboxylic acids is 2. The van der Waals surface area contributed by atoms with Crippen LogP contribution in [-0.2, 0) is 35.3 Å². The number of imidazole rings is 1. The van der Waals surface area contributed by atoms with Gasteiger partial charge in [-0.25, -0.2) is 9.78 Å². The molecule has 45 heavy (non-hydrogen) atoms. The molecule has 2 fully saturated rings. The normalized spacial score (nSPS) is 22.4. The molecule has 1 aromatic carbocycles. The number of hydrogen-bond donors (Lipinski definition) is 0. The molecular weight excluding hydrogens is 588 g/mol. The fourth-order valence-electron chi connectivity index (χ4n) is 7.27. The number of nitrogens with zero attached hydrogens (tertiary/aromatic N) is 6. The van der Waals surface area contributed by atoms with E-state index in [1.807, 2.05) is 56.4 Å². The Morgan fingerprint density at radius 1 is 1.02 bits per heavy atom. The Hall–Kier alpha value is -3.43. The Morgan fingerprint density at radius 3 is 2.64 bits per heavy atom. The van der Waals surface area contributed by atoms with Crippen LogP contribution in [0.4, 0.5) is 4.79 Å². The molecule has 0 bridgehead atoms. The lowest BCUT2D eigenvalue weighted by molar-refractivity contribution is -0.141. The van der Waals surface area contributed by atoms with Crippen LogP contribution in [0.2, 0.25) is 5.02 Å². The lowest BCUT2D eigenvalue weighted by Crippen LogP contribution is -2.63. The minimum absolute atomic E-state index is 0.0113. The smallest absolute Gasteiger partial charge is 0.411 e. The molecule has 2 amide bonds. The largest absolute Gasteiger partial charge is 0.444 e. The maximum atomic E-state index is 14.5. The van der Waals surface area contributed by atoms with E-state index in [0.717, 1.165) is 55.2 Å². The summed E-state index contributed by atoms with van der Waals surface area (Å²) in [4.78, 5) is 43.5. The summed E-state index contributed by atoms with van der Waals surface area (Å²) in [7, 11) is 0. The van der Waals surface area contributed by atoms with Gasteiger partial charge in [-0.3, -0.25) is 19.6 Å². The minimum Gasteiger partial charge on any atom is -0.444 e. The molecule has 0 N–H and O–H groups in total. The first-order valence-corrected chi connectivity index (χ1v) is 16.7. The molecule has 240 valence electrons. The van der Waals surface area contributed by atoms with Gasteiger partial charge < -0.3 is 14.2 Å². The van der Waals surface area contributed by atoms with Crippen molar-refractivity contribution in [1.82, 2.24) is 29.2 Å². The van der Waals surface area contributed by atoms with Crippen molar-refractivity contribution in [3.63, 3.8) is 0 Å². The van der Waals surface area contributed by atoms with Gasteiger partial charge in [0, 0.05) is 69.3 Å². The number of halogens is 1. The van der Waals surface area contributed by atoms with Crippen molar-refractivity contribution in [2.75, 3.05) is 32.7 Å². The van der Waals surface area contributed by atoms with Crippen molar-refractivity contribution < 1.29 is 14.3 Å². The van der Waals surface area contributed by atoms with Gasteiger partial charge in [0.1, 0.15) is 17.5 Å². The predicted molar refractivity (Wildman–Crippen MR) is 174 cm³/mol. The van der Waals surface area contributed by atoms with Gasteiger partial charge in [0.05, 0.1) is 11.7 Å². The number of likely N-dealkylation sites (tertiary alicyclic amines) is 1. The second kappa shape index (κ2) is 13.1. The van der Waals surface area contributed by atoms with Gasteiger partial charge in [0.2, 0.25) is 5.91 Å². The summed E-state index contributed by atoms with van der Waals surface area (Å²) in [6.45, 7) is 11.3. The molecular formula is C35H45ClN6O3. The quantitative estimate of drug-likeness (QED) is 0.367. The highest BCUT2D eigenvalue weighted by atomic mass is 35.5. The molecule has 2 aliphatic heterocycles. The van der Waals surface area contributed by atoms with Crippen molar-refractivity contribution in [1.29, 1.82) is 0 Å². The second-order valence-electron chi connectivity index (χ2n) is 13.6. The monoisotopic (exact) mass is 632 g/mol. The van der Waals surface area contributed by atoms with Crippen LogP contribution in [0.5, 0.6) is 0 Å². The summed E-state index contributed by atoms with van der Waals surface area (Å²) in [5.41, 5.74) is 3.92. The number of piperidine rings is 1. The standard InChI is InChI=1S/C35H45ClN6O3/c1-5-30-37-15-17-39(30)21-24-8-7-16-41(22-24)33(43)29-23-40(18-19-42(29)34(44)45-35(2,3)4)32-28-13-12-27(36)20-26(28)11-10-25-9-6-14-38-31(25)32/h6,9,12-15,17,20,24,29,32H,5,7-8,10-11,16,18-19,21-23H2,1-4H3/t24-,29+,32?/m0/s1. The summed E-state index contributed by atoms with van der Waals surface area (Å²) in [5.74, 6) is 1.38. The molecule has 1 aliphatic carbocycles. The highest BCUT2D eigenvalue weighted by molar-refractivity contribution is 6.30. The number of benzene rings is 1. The van der Waals surface area contributed by atoms with Crippen LogP contribution in [0, 0.1) is 5.92 Å². The van der Waals surface area contributed by atoms with Crippen LogP contribution in [0.3, 0.4) is 0 Å². The highest BCUT2D eigenvalue weighted by Crippen LogP contribution is 2.38. The van der Waals surface area contributed by atoms with Gasteiger partial charge in [-0.1, -0.05) is 30.7 Å². The zero-order valence-electron chi connectivity index (χ0n) is 26.9. The van der Waals surface area contributed by atoms with Gasteiger partial charge >= 0.3 is 6.09 Å². The number of carbonyl (C=O) groups is 2. The molecule has 1 unspecified atom stereocenters. The first-order valence-electron chi connectivity index (χ1n) is 16.4. The van der Waals surface area contributed by atoms with Crippen LogP contribution in [0.25, 0.3) is 0 Å². The fraction of sp³-hybridized carbons (Fsp3) is 0.543. The maximum absolute atomic E-state index is 14.5. The number of amides is 2. The Labute approximate surface area is 271 Å². The van der Waals surface area contributed by atoms with E-state index in [1.54, 1.807) is 4.90 Å². The van der Waals surface area contributed by atoms with Crippen LogP contribution >= 0.6 is 11.6 Å². The Kier molecular flexibility index (Phi) is 9.20. The third-order valence-electron chi connectivity index (χ3n) is 9.34. The fourth-order valence-corrected chi connectivity index (χ4v) is 7.46. The molecule has 3 aromatic rings. The molecule has 4 heterocycles. The summed E-state index contributed by atoms with van der Waals surface area (Å²) >= 11 is 6.46. The van der Waals surface area contributed by atoms with Crippen molar-refractivity contribution in [3.05, 3.63) is 82.2 Å². The number of rotatable bonds is 5. The average Bonchev–Trinajstić information content (AvgIpc) is 3.40. The highest BCUT2D eigenvalue weighted by Gasteiger charge is 2.43. The average molecular weight is 633 g/mol. The zero-order valence-corrected chi connectivity index (χ0v) is 27.7. The summed E-state index contributed by atoms with van der Waals surface area (Å²) in [5, 5.41) is 0.718. The Balaban J connectivity index is 1.30. The van der Waals surface area contributed by atoms with Crippen LogP contribution in [0.1, 0.15) is 74.8 Å². The topological polar surface area (TPSA) is 83.8 Å². The van der Waals surface area contributed by atoms with Gasteiger partial charge in [-0.15, -0.1) is 0 Å². The molecule has 0 radical (unpaired) electrons. The van der Waals surface area contributed by atoms with E-state index in [9.17, 15) is 9.59 Å². The number of ether oxygens (including phenoxy) is 1. The Morgan fingerprint density at radius 2 is 1.84 bits per heavy atom. The molecule has 0 spiro atoms. The lowest BCUT2D eigenvalue weighted by atomic mass is 9.94. The molecule has 6 rings (SSSR count). The van der Waals surface area contributed by atoms with E-state index in [-0.39, 0.29) is 11.9 Å². The molecule has 9 nitrogen and oxygen atoms in total. The van der Waals surface area contributed by atoms with Gasteiger partial charge in [0.25, 0.3) is 0 Å². The number of piperazine rings is 1. The number of pyridine rings is 1. The van der Waals surface area contributed by atoms with Gasteiger partial charge in [0.15, 0.2) is 0 Å². The third kappa shape index (κ3) is 6.89.